The zero-order valence-corrected chi connectivity index (χ0v) is 11.4. The van der Waals surface area contributed by atoms with Gasteiger partial charge in [0.1, 0.15) is 0 Å². The fourth-order valence-corrected chi connectivity index (χ4v) is 2.16. The highest BCUT2D eigenvalue weighted by Crippen LogP contribution is 2.18. The first-order chi connectivity index (χ1) is 8.83. The van der Waals surface area contributed by atoms with Crippen molar-refractivity contribution in [1.29, 1.82) is 0 Å². The first kappa shape index (κ1) is 13.0. The molecule has 18 heavy (non-hydrogen) atoms. The van der Waals surface area contributed by atoms with Crippen LogP contribution in [0.25, 0.3) is 0 Å². The molecule has 0 saturated heterocycles. The van der Waals surface area contributed by atoms with Crippen LogP contribution in [0.3, 0.4) is 0 Å². The summed E-state index contributed by atoms with van der Waals surface area (Å²) >= 11 is 5.81. The van der Waals surface area contributed by atoms with Gasteiger partial charge in [-0.15, -0.1) is 11.6 Å². The highest BCUT2D eigenvalue weighted by Gasteiger charge is 2.04. The summed E-state index contributed by atoms with van der Waals surface area (Å²) in [4.78, 5) is 2.35. The van der Waals surface area contributed by atoms with Gasteiger partial charge in [0.05, 0.1) is 0 Å². The Hall–Kier alpha value is -1.47. The molecule has 0 unspecified atom stereocenters. The molecule has 0 amide bonds. The van der Waals surface area contributed by atoms with Crippen LogP contribution in [0.4, 0.5) is 5.69 Å². The Kier molecular flexibility index (Phi) is 4.66. The number of nitrogens with zero attached hydrogens (tertiary/aromatic N) is 1. The zero-order chi connectivity index (χ0) is 12.8. The van der Waals surface area contributed by atoms with Crippen molar-refractivity contribution in [2.45, 2.75) is 19.3 Å². The number of rotatable bonds is 5. The molecule has 0 heterocycles. The zero-order valence-electron chi connectivity index (χ0n) is 10.6. The van der Waals surface area contributed by atoms with Crippen molar-refractivity contribution < 1.29 is 0 Å². The third-order valence-electron chi connectivity index (χ3n) is 3.05. The van der Waals surface area contributed by atoms with Crippen LogP contribution in [0.2, 0.25) is 0 Å². The third kappa shape index (κ3) is 3.27. The second-order valence-electron chi connectivity index (χ2n) is 4.30. The Labute approximate surface area is 114 Å². The molecule has 2 heteroatoms. The van der Waals surface area contributed by atoms with E-state index >= 15 is 0 Å². The lowest BCUT2D eigenvalue weighted by Crippen LogP contribution is -2.21. The van der Waals surface area contributed by atoms with E-state index in [2.05, 4.69) is 66.4 Å². The summed E-state index contributed by atoms with van der Waals surface area (Å²) in [6.07, 6.45) is 0. The summed E-state index contributed by atoms with van der Waals surface area (Å²) in [6.45, 7) is 4.12. The van der Waals surface area contributed by atoms with E-state index in [0.29, 0.717) is 5.88 Å². The van der Waals surface area contributed by atoms with Gasteiger partial charge in [0, 0.05) is 24.7 Å². The monoisotopic (exact) mass is 259 g/mol. The molecule has 0 N–H and O–H groups in total. The van der Waals surface area contributed by atoms with Crippen molar-refractivity contribution in [2.24, 2.45) is 0 Å². The molecule has 0 aliphatic heterocycles. The van der Waals surface area contributed by atoms with Crippen molar-refractivity contribution in [3.05, 3.63) is 65.7 Å². The van der Waals surface area contributed by atoms with E-state index < -0.39 is 0 Å². The van der Waals surface area contributed by atoms with E-state index in [-0.39, 0.29) is 0 Å². The van der Waals surface area contributed by atoms with Gasteiger partial charge in [-0.25, -0.2) is 0 Å². The topological polar surface area (TPSA) is 3.24 Å². The minimum atomic E-state index is 0.574. The number of anilines is 1. The van der Waals surface area contributed by atoms with Crippen LogP contribution in [0.5, 0.6) is 0 Å². The van der Waals surface area contributed by atoms with E-state index in [1.165, 1.54) is 11.3 Å². The summed E-state index contributed by atoms with van der Waals surface area (Å²) < 4.78 is 0. The minimum Gasteiger partial charge on any atom is -0.367 e. The average molecular weight is 260 g/mol. The van der Waals surface area contributed by atoms with Crippen molar-refractivity contribution in [3.63, 3.8) is 0 Å². The molecule has 0 radical (unpaired) electrons. The maximum absolute atomic E-state index is 5.81. The molecule has 0 spiro atoms. The van der Waals surface area contributed by atoms with Crippen LogP contribution in [0.15, 0.2) is 54.6 Å². The predicted molar refractivity (Wildman–Crippen MR) is 79.2 cm³/mol. The summed E-state index contributed by atoms with van der Waals surface area (Å²) in [5.74, 6) is 0.574. The SMILES string of the molecule is CCN(Cc1ccccc1)c1ccc(CCl)cc1. The highest BCUT2D eigenvalue weighted by molar-refractivity contribution is 6.17. The van der Waals surface area contributed by atoms with Gasteiger partial charge in [0.15, 0.2) is 0 Å². The molecular weight excluding hydrogens is 242 g/mol. The molecule has 2 aromatic rings. The van der Waals surface area contributed by atoms with E-state index in [1.54, 1.807) is 0 Å². The van der Waals surface area contributed by atoms with Gasteiger partial charge in [0.25, 0.3) is 0 Å². The van der Waals surface area contributed by atoms with Gasteiger partial charge in [0.2, 0.25) is 0 Å². The number of benzene rings is 2. The molecule has 94 valence electrons. The summed E-state index contributed by atoms with van der Waals surface area (Å²) in [6, 6.07) is 19.0. The van der Waals surface area contributed by atoms with Crippen molar-refractivity contribution in [1.82, 2.24) is 0 Å². The summed E-state index contributed by atoms with van der Waals surface area (Å²) in [7, 11) is 0. The predicted octanol–water partition coefficient (Wildman–Crippen LogP) is 4.45. The Morgan fingerprint density at radius 2 is 1.56 bits per heavy atom. The van der Waals surface area contributed by atoms with Gasteiger partial charge >= 0.3 is 0 Å². The smallest absolute Gasteiger partial charge is 0.0474 e. The largest absolute Gasteiger partial charge is 0.367 e. The van der Waals surface area contributed by atoms with E-state index in [9.17, 15) is 0 Å². The van der Waals surface area contributed by atoms with Gasteiger partial charge < -0.3 is 4.90 Å². The standard InChI is InChI=1S/C16H18ClN/c1-2-18(13-15-6-4-3-5-7-15)16-10-8-14(12-17)9-11-16/h3-11H,2,12-13H2,1H3. The maximum atomic E-state index is 5.81. The average Bonchev–Trinajstić information content (AvgIpc) is 2.46. The molecule has 0 aromatic heterocycles. The van der Waals surface area contributed by atoms with Crippen molar-refractivity contribution >= 4 is 17.3 Å². The molecule has 0 saturated carbocycles. The van der Waals surface area contributed by atoms with Crippen LogP contribution in [-0.2, 0) is 12.4 Å². The fraction of sp³-hybridized carbons (Fsp3) is 0.250. The first-order valence-corrected chi connectivity index (χ1v) is 6.80. The summed E-state index contributed by atoms with van der Waals surface area (Å²) in [5, 5.41) is 0. The molecule has 2 aromatic carbocycles. The quantitative estimate of drug-likeness (QED) is 0.717. The second-order valence-corrected chi connectivity index (χ2v) is 4.57. The molecule has 1 nitrogen and oxygen atoms in total. The van der Waals surface area contributed by atoms with Crippen LogP contribution in [0, 0.1) is 0 Å². The molecular formula is C16H18ClN. The van der Waals surface area contributed by atoms with Gasteiger partial charge in [-0.05, 0) is 30.2 Å². The van der Waals surface area contributed by atoms with Crippen LogP contribution < -0.4 is 4.90 Å². The van der Waals surface area contributed by atoms with Gasteiger partial charge in [-0.2, -0.15) is 0 Å². The van der Waals surface area contributed by atoms with Gasteiger partial charge in [-0.3, -0.25) is 0 Å². The lowest BCUT2D eigenvalue weighted by atomic mass is 10.1. The van der Waals surface area contributed by atoms with Crippen LogP contribution in [-0.4, -0.2) is 6.54 Å². The fourth-order valence-electron chi connectivity index (χ4n) is 1.99. The Balaban J connectivity index is 2.12. The Morgan fingerprint density at radius 1 is 0.889 bits per heavy atom. The van der Waals surface area contributed by atoms with E-state index in [4.69, 9.17) is 11.6 Å². The van der Waals surface area contributed by atoms with Crippen molar-refractivity contribution in [3.8, 4) is 0 Å². The number of alkyl halides is 1. The molecule has 0 bridgehead atoms. The van der Waals surface area contributed by atoms with Gasteiger partial charge in [-0.1, -0.05) is 42.5 Å². The number of hydrogen-bond acceptors (Lipinski definition) is 1. The first-order valence-electron chi connectivity index (χ1n) is 6.27. The molecule has 0 atom stereocenters. The normalized spacial score (nSPS) is 10.3. The molecule has 0 aliphatic rings. The lowest BCUT2D eigenvalue weighted by Gasteiger charge is -2.23. The van der Waals surface area contributed by atoms with Crippen molar-refractivity contribution in [2.75, 3.05) is 11.4 Å². The highest BCUT2D eigenvalue weighted by atomic mass is 35.5. The van der Waals surface area contributed by atoms with E-state index in [1.807, 2.05) is 0 Å². The van der Waals surface area contributed by atoms with E-state index in [0.717, 1.165) is 18.7 Å². The summed E-state index contributed by atoms with van der Waals surface area (Å²) in [5.41, 5.74) is 3.74. The van der Waals surface area contributed by atoms with Crippen LogP contribution >= 0.6 is 11.6 Å². The molecule has 0 fully saturated rings. The van der Waals surface area contributed by atoms with Crippen LogP contribution in [0.1, 0.15) is 18.1 Å². The molecule has 0 aliphatic carbocycles. The number of halogens is 1. The Morgan fingerprint density at radius 3 is 2.11 bits per heavy atom. The maximum Gasteiger partial charge on any atom is 0.0474 e. The number of hydrogen-bond donors (Lipinski definition) is 0. The lowest BCUT2D eigenvalue weighted by molar-refractivity contribution is 0.832. The molecule has 2 rings (SSSR count). The second kappa shape index (κ2) is 6.46. The minimum absolute atomic E-state index is 0.574. The third-order valence-corrected chi connectivity index (χ3v) is 3.36. The Bertz CT molecular complexity index is 464.